The maximum absolute atomic E-state index is 12.4. The molecule has 0 unspecified atom stereocenters. The first kappa shape index (κ1) is 16.8. The van der Waals surface area contributed by atoms with E-state index < -0.39 is 9.85 Å². The molecule has 130 valence electrons. The van der Waals surface area contributed by atoms with Gasteiger partial charge in [0.1, 0.15) is 5.69 Å². The van der Waals surface area contributed by atoms with Crippen LogP contribution in [0.3, 0.4) is 0 Å². The number of thiophene rings is 1. The number of carbonyl (C=O) groups is 1. The number of amides is 1. The van der Waals surface area contributed by atoms with Crippen LogP contribution in [-0.2, 0) is 0 Å². The summed E-state index contributed by atoms with van der Waals surface area (Å²) < 4.78 is 0. The maximum atomic E-state index is 12.4. The van der Waals surface area contributed by atoms with Gasteiger partial charge in [0.2, 0.25) is 0 Å². The van der Waals surface area contributed by atoms with Gasteiger partial charge in [0, 0.05) is 38.3 Å². The molecule has 0 bridgehead atoms. The second-order valence-corrected chi connectivity index (χ2v) is 6.48. The third kappa shape index (κ3) is 3.43. The Balaban J connectivity index is 1.68. The van der Waals surface area contributed by atoms with Gasteiger partial charge in [-0.15, -0.1) is 0 Å². The van der Waals surface area contributed by atoms with Gasteiger partial charge in [-0.05, 0) is 12.1 Å². The smallest absolute Gasteiger partial charge is 0.324 e. The van der Waals surface area contributed by atoms with Crippen LogP contribution in [-0.4, -0.2) is 46.8 Å². The summed E-state index contributed by atoms with van der Waals surface area (Å²) in [6, 6.07) is 9.28. The van der Waals surface area contributed by atoms with Gasteiger partial charge >= 0.3 is 5.00 Å². The quantitative estimate of drug-likeness (QED) is 0.610. The Labute approximate surface area is 146 Å². The van der Waals surface area contributed by atoms with E-state index in [0.29, 0.717) is 36.7 Å². The van der Waals surface area contributed by atoms with Crippen LogP contribution in [0.5, 0.6) is 0 Å². The zero-order valence-electron chi connectivity index (χ0n) is 13.0. The van der Waals surface area contributed by atoms with Crippen LogP contribution < -0.4 is 4.90 Å². The lowest BCUT2D eigenvalue weighted by Gasteiger charge is -2.35. The van der Waals surface area contributed by atoms with E-state index in [9.17, 15) is 25.0 Å². The van der Waals surface area contributed by atoms with E-state index in [1.165, 1.54) is 18.2 Å². The average Bonchev–Trinajstić information content (AvgIpc) is 3.11. The molecular formula is C15H14N4O5S. The standard InChI is InChI=1S/C15H14N4O5S/c20-15(13-5-6-14(25-13)19(23)24)17-9-7-16(8-10-17)11-3-1-2-4-12(11)18(21)22/h1-6H,7-10H2. The Morgan fingerprint density at radius 3 is 2.24 bits per heavy atom. The minimum Gasteiger partial charge on any atom is -0.362 e. The lowest BCUT2D eigenvalue weighted by Crippen LogP contribution is -2.48. The predicted octanol–water partition coefficient (Wildman–Crippen LogP) is 2.53. The molecule has 1 aliphatic rings. The van der Waals surface area contributed by atoms with Crippen molar-refractivity contribution in [1.82, 2.24) is 4.90 Å². The van der Waals surface area contributed by atoms with Gasteiger partial charge in [-0.25, -0.2) is 0 Å². The van der Waals surface area contributed by atoms with Crippen LogP contribution in [0.4, 0.5) is 16.4 Å². The van der Waals surface area contributed by atoms with Crippen molar-refractivity contribution in [2.45, 2.75) is 0 Å². The van der Waals surface area contributed by atoms with Crippen LogP contribution in [0.1, 0.15) is 9.67 Å². The molecule has 2 heterocycles. The molecule has 0 saturated carbocycles. The number of carbonyl (C=O) groups excluding carboxylic acids is 1. The molecule has 0 N–H and O–H groups in total. The zero-order chi connectivity index (χ0) is 18.0. The van der Waals surface area contributed by atoms with Crippen molar-refractivity contribution >= 4 is 33.6 Å². The second kappa shape index (κ2) is 6.85. The minimum atomic E-state index is -0.520. The summed E-state index contributed by atoms with van der Waals surface area (Å²) in [6.45, 7) is 1.72. The summed E-state index contributed by atoms with van der Waals surface area (Å²) in [5.74, 6) is -0.250. The number of nitro benzene ring substituents is 1. The lowest BCUT2D eigenvalue weighted by molar-refractivity contribution is -0.384. The van der Waals surface area contributed by atoms with Gasteiger partial charge in [-0.1, -0.05) is 23.5 Å². The molecule has 3 rings (SSSR count). The SMILES string of the molecule is O=C(c1ccc([N+](=O)[O-])s1)N1CCN(c2ccccc2[N+](=O)[O-])CC1. The highest BCUT2D eigenvalue weighted by atomic mass is 32.1. The number of hydrogen-bond donors (Lipinski definition) is 0. The highest BCUT2D eigenvalue weighted by Gasteiger charge is 2.27. The first-order valence-electron chi connectivity index (χ1n) is 7.49. The van der Waals surface area contributed by atoms with Crippen LogP contribution in [0.15, 0.2) is 36.4 Å². The minimum absolute atomic E-state index is 0.0381. The summed E-state index contributed by atoms with van der Waals surface area (Å²) in [5, 5.41) is 21.8. The highest BCUT2D eigenvalue weighted by molar-refractivity contribution is 7.17. The number of anilines is 1. The second-order valence-electron chi connectivity index (χ2n) is 5.42. The summed E-state index contributed by atoms with van der Waals surface area (Å²) in [6.07, 6.45) is 0. The third-order valence-electron chi connectivity index (χ3n) is 3.97. The molecular weight excluding hydrogens is 348 g/mol. The highest BCUT2D eigenvalue weighted by Crippen LogP contribution is 2.29. The van der Waals surface area contributed by atoms with E-state index >= 15 is 0 Å². The number of nitrogens with zero attached hydrogens (tertiary/aromatic N) is 4. The van der Waals surface area contributed by atoms with Crippen molar-refractivity contribution in [3.05, 3.63) is 61.5 Å². The van der Waals surface area contributed by atoms with E-state index in [2.05, 4.69) is 0 Å². The van der Waals surface area contributed by atoms with Gasteiger partial charge in [0.15, 0.2) is 0 Å². The van der Waals surface area contributed by atoms with Crippen molar-refractivity contribution in [2.75, 3.05) is 31.1 Å². The van der Waals surface area contributed by atoms with Gasteiger partial charge in [0.25, 0.3) is 11.6 Å². The van der Waals surface area contributed by atoms with Crippen LogP contribution in [0, 0.1) is 20.2 Å². The predicted molar refractivity (Wildman–Crippen MR) is 92.2 cm³/mol. The fraction of sp³-hybridized carbons (Fsp3) is 0.267. The molecule has 1 aliphatic heterocycles. The average molecular weight is 362 g/mol. The molecule has 1 fully saturated rings. The molecule has 9 nitrogen and oxygen atoms in total. The maximum Gasteiger partial charge on any atom is 0.324 e. The van der Waals surface area contributed by atoms with Crippen molar-refractivity contribution in [2.24, 2.45) is 0 Å². The number of para-hydroxylation sites is 2. The van der Waals surface area contributed by atoms with E-state index in [1.54, 1.807) is 23.1 Å². The molecule has 0 radical (unpaired) electrons. The molecule has 0 spiro atoms. The molecule has 10 heteroatoms. The Morgan fingerprint density at radius 2 is 1.64 bits per heavy atom. The van der Waals surface area contributed by atoms with Gasteiger partial charge in [-0.3, -0.25) is 25.0 Å². The number of nitro groups is 2. The largest absolute Gasteiger partial charge is 0.362 e. The number of hydrogen-bond acceptors (Lipinski definition) is 7. The van der Waals surface area contributed by atoms with Gasteiger partial charge < -0.3 is 9.80 Å². The van der Waals surface area contributed by atoms with Crippen molar-refractivity contribution < 1.29 is 14.6 Å². The van der Waals surface area contributed by atoms with Crippen LogP contribution >= 0.6 is 11.3 Å². The summed E-state index contributed by atoms with van der Waals surface area (Å²) in [7, 11) is 0. The van der Waals surface area contributed by atoms with E-state index in [-0.39, 0.29) is 16.6 Å². The summed E-state index contributed by atoms with van der Waals surface area (Å²) in [4.78, 5) is 37.2. The Bertz CT molecular complexity index is 829. The zero-order valence-corrected chi connectivity index (χ0v) is 13.8. The van der Waals surface area contributed by atoms with Gasteiger partial charge in [0.05, 0.1) is 14.7 Å². The monoisotopic (exact) mass is 362 g/mol. The number of piperazine rings is 1. The van der Waals surface area contributed by atoms with Crippen LogP contribution in [0.2, 0.25) is 0 Å². The Morgan fingerprint density at radius 1 is 0.960 bits per heavy atom. The van der Waals surface area contributed by atoms with Crippen molar-refractivity contribution in [3.63, 3.8) is 0 Å². The topological polar surface area (TPSA) is 110 Å². The van der Waals surface area contributed by atoms with E-state index in [4.69, 9.17) is 0 Å². The molecule has 1 aromatic heterocycles. The third-order valence-corrected chi connectivity index (χ3v) is 4.99. The first-order chi connectivity index (χ1) is 12.0. The summed E-state index contributed by atoms with van der Waals surface area (Å²) in [5.41, 5.74) is 0.572. The van der Waals surface area contributed by atoms with E-state index in [1.807, 2.05) is 4.90 Å². The Kier molecular flexibility index (Phi) is 4.61. The van der Waals surface area contributed by atoms with Gasteiger partial charge in [-0.2, -0.15) is 0 Å². The summed E-state index contributed by atoms with van der Waals surface area (Å²) >= 11 is 0.853. The number of rotatable bonds is 4. The lowest BCUT2D eigenvalue weighted by atomic mass is 10.2. The normalized spacial score (nSPS) is 14.4. The molecule has 2 aromatic rings. The number of benzene rings is 1. The van der Waals surface area contributed by atoms with Crippen molar-refractivity contribution in [1.29, 1.82) is 0 Å². The van der Waals surface area contributed by atoms with Crippen molar-refractivity contribution in [3.8, 4) is 0 Å². The molecule has 0 aliphatic carbocycles. The molecule has 25 heavy (non-hydrogen) atoms. The molecule has 1 aromatic carbocycles. The molecule has 1 amide bonds. The fourth-order valence-electron chi connectivity index (χ4n) is 2.73. The van der Waals surface area contributed by atoms with Crippen LogP contribution in [0.25, 0.3) is 0 Å². The first-order valence-corrected chi connectivity index (χ1v) is 8.31. The molecule has 1 saturated heterocycles. The van der Waals surface area contributed by atoms with E-state index in [0.717, 1.165) is 11.3 Å². The fourth-order valence-corrected chi connectivity index (χ4v) is 3.52. The Hall–Kier alpha value is -3.01. The molecule has 0 atom stereocenters.